The molecule has 0 bridgehead atoms. The van der Waals surface area contributed by atoms with Gasteiger partial charge in [0.1, 0.15) is 6.04 Å². The molecule has 3 unspecified atom stereocenters. The smallest absolute Gasteiger partial charge is 0.328 e. The Labute approximate surface area is 98.5 Å². The van der Waals surface area contributed by atoms with Crippen molar-refractivity contribution in [3.05, 3.63) is 0 Å². The number of rotatable bonds is 3. The number of hydrogen-bond acceptors (Lipinski definition) is 4. The molecule has 0 aromatic heterocycles. The molecule has 0 radical (unpaired) electrons. The summed E-state index contributed by atoms with van der Waals surface area (Å²) in [5.41, 5.74) is 0. The van der Waals surface area contributed by atoms with Gasteiger partial charge in [-0.2, -0.15) is 0 Å². The number of methoxy groups -OCH3 is 1. The minimum absolute atomic E-state index is 0.217. The number of hydrogen-bond donors (Lipinski definition) is 1. The van der Waals surface area contributed by atoms with Crippen LogP contribution in [0.2, 0.25) is 0 Å². The third-order valence-corrected chi connectivity index (χ3v) is 3.43. The van der Waals surface area contributed by atoms with E-state index >= 15 is 0 Å². The van der Waals surface area contributed by atoms with Crippen molar-refractivity contribution in [3.63, 3.8) is 0 Å². The molecule has 1 aliphatic carbocycles. The molecule has 0 aromatic rings. The fourth-order valence-corrected chi connectivity index (χ4v) is 2.37. The van der Waals surface area contributed by atoms with Gasteiger partial charge in [0.15, 0.2) is 0 Å². The molecular weight excluding hydrogens is 226 g/mol. The minimum atomic E-state index is -0.933. The Hall–Kier alpha value is -1.59. The number of nitrogens with zero attached hydrogens (tertiary/aromatic N) is 1. The highest BCUT2D eigenvalue weighted by Crippen LogP contribution is 2.41. The second-order valence-electron chi connectivity index (χ2n) is 4.50. The highest BCUT2D eigenvalue weighted by atomic mass is 16.5. The lowest BCUT2D eigenvalue weighted by molar-refractivity contribution is -0.151. The van der Waals surface area contributed by atoms with E-state index in [0.717, 1.165) is 6.42 Å². The molecule has 1 saturated heterocycles. The predicted molar refractivity (Wildman–Crippen MR) is 56.0 cm³/mol. The van der Waals surface area contributed by atoms with Crippen LogP contribution < -0.4 is 0 Å². The van der Waals surface area contributed by atoms with Crippen LogP contribution in [0.1, 0.15) is 19.3 Å². The molecule has 17 heavy (non-hydrogen) atoms. The zero-order chi connectivity index (χ0) is 12.6. The van der Waals surface area contributed by atoms with Gasteiger partial charge in [0.25, 0.3) is 0 Å². The van der Waals surface area contributed by atoms with Gasteiger partial charge in [-0.05, 0) is 19.3 Å². The standard InChI is InChI=1S/C11H15NO5/c1-17-11(16)8-3-2-4-12(8)9(13)6-5-7(6)10(14)15/h6-8H,2-5H2,1H3,(H,14,15). The maximum atomic E-state index is 12.0. The normalized spacial score (nSPS) is 31.1. The summed E-state index contributed by atoms with van der Waals surface area (Å²) in [6, 6.07) is -0.525. The molecule has 1 heterocycles. The molecule has 0 aromatic carbocycles. The summed E-state index contributed by atoms with van der Waals surface area (Å²) in [5, 5.41) is 8.77. The van der Waals surface area contributed by atoms with E-state index in [1.54, 1.807) is 0 Å². The molecule has 2 fully saturated rings. The molecular formula is C11H15NO5. The van der Waals surface area contributed by atoms with E-state index in [4.69, 9.17) is 5.11 Å². The van der Waals surface area contributed by atoms with Crippen LogP contribution in [0.4, 0.5) is 0 Å². The molecule has 1 N–H and O–H groups in total. The minimum Gasteiger partial charge on any atom is -0.481 e. The van der Waals surface area contributed by atoms with E-state index in [0.29, 0.717) is 19.4 Å². The van der Waals surface area contributed by atoms with E-state index in [-0.39, 0.29) is 5.91 Å². The summed E-state index contributed by atoms with van der Waals surface area (Å²) in [5.74, 6) is -2.58. The van der Waals surface area contributed by atoms with Gasteiger partial charge in [-0.3, -0.25) is 9.59 Å². The summed E-state index contributed by atoms with van der Waals surface area (Å²) in [4.78, 5) is 35.6. The Morgan fingerprint density at radius 2 is 2.00 bits per heavy atom. The van der Waals surface area contributed by atoms with Gasteiger partial charge in [0.05, 0.1) is 18.9 Å². The number of likely N-dealkylation sites (tertiary alicyclic amines) is 1. The molecule has 6 nitrogen and oxygen atoms in total. The summed E-state index contributed by atoms with van der Waals surface area (Å²) in [7, 11) is 1.29. The number of carbonyl (C=O) groups excluding carboxylic acids is 2. The van der Waals surface area contributed by atoms with Crippen molar-refractivity contribution in [3.8, 4) is 0 Å². The number of ether oxygens (including phenoxy) is 1. The first-order valence-electron chi connectivity index (χ1n) is 5.67. The SMILES string of the molecule is COC(=O)C1CCCN1C(=O)C1CC1C(=O)O. The molecule has 0 spiro atoms. The van der Waals surface area contributed by atoms with E-state index < -0.39 is 29.8 Å². The van der Waals surface area contributed by atoms with Crippen molar-refractivity contribution in [2.45, 2.75) is 25.3 Å². The molecule has 2 rings (SSSR count). The Morgan fingerprint density at radius 1 is 1.29 bits per heavy atom. The predicted octanol–water partition coefficient (Wildman–Crippen LogP) is -0.129. The lowest BCUT2D eigenvalue weighted by Crippen LogP contribution is -2.42. The van der Waals surface area contributed by atoms with Crippen molar-refractivity contribution in [2.24, 2.45) is 11.8 Å². The van der Waals surface area contributed by atoms with Crippen molar-refractivity contribution >= 4 is 17.8 Å². The zero-order valence-electron chi connectivity index (χ0n) is 9.59. The lowest BCUT2D eigenvalue weighted by atomic mass is 10.2. The fourth-order valence-electron chi connectivity index (χ4n) is 2.37. The Bertz CT molecular complexity index is 367. The van der Waals surface area contributed by atoms with Crippen molar-refractivity contribution in [2.75, 3.05) is 13.7 Å². The van der Waals surface area contributed by atoms with Gasteiger partial charge >= 0.3 is 11.9 Å². The van der Waals surface area contributed by atoms with E-state index in [1.165, 1.54) is 12.0 Å². The number of carboxylic acid groups (broad SMARTS) is 1. The van der Waals surface area contributed by atoms with Gasteiger partial charge in [0.2, 0.25) is 5.91 Å². The average Bonchev–Trinajstić information content (AvgIpc) is 2.97. The first kappa shape index (κ1) is 11.9. The quantitative estimate of drug-likeness (QED) is 0.696. The van der Waals surface area contributed by atoms with Gasteiger partial charge in [-0.25, -0.2) is 4.79 Å². The topological polar surface area (TPSA) is 83.9 Å². The first-order valence-corrected chi connectivity index (χ1v) is 5.67. The molecule has 94 valence electrons. The maximum absolute atomic E-state index is 12.0. The van der Waals surface area contributed by atoms with Crippen LogP contribution in [0.15, 0.2) is 0 Å². The average molecular weight is 241 g/mol. The highest BCUT2D eigenvalue weighted by Gasteiger charge is 2.52. The molecule has 1 saturated carbocycles. The maximum Gasteiger partial charge on any atom is 0.328 e. The van der Waals surface area contributed by atoms with Gasteiger partial charge in [0, 0.05) is 6.54 Å². The third-order valence-electron chi connectivity index (χ3n) is 3.43. The second-order valence-corrected chi connectivity index (χ2v) is 4.50. The van der Waals surface area contributed by atoms with E-state index in [1.807, 2.05) is 0 Å². The molecule has 6 heteroatoms. The number of carbonyl (C=O) groups is 3. The van der Waals surface area contributed by atoms with Crippen molar-refractivity contribution in [1.82, 2.24) is 4.90 Å². The molecule has 1 amide bonds. The van der Waals surface area contributed by atoms with Crippen molar-refractivity contribution in [1.29, 1.82) is 0 Å². The van der Waals surface area contributed by atoms with E-state index in [2.05, 4.69) is 4.74 Å². The van der Waals surface area contributed by atoms with Crippen LogP contribution in [0.3, 0.4) is 0 Å². The monoisotopic (exact) mass is 241 g/mol. The van der Waals surface area contributed by atoms with Gasteiger partial charge < -0.3 is 14.7 Å². The second kappa shape index (κ2) is 4.35. The summed E-state index contributed by atoms with van der Waals surface area (Å²) >= 11 is 0. The number of aliphatic carboxylic acids is 1. The Kier molecular flexibility index (Phi) is 3.04. The summed E-state index contributed by atoms with van der Waals surface area (Å²) < 4.78 is 4.64. The van der Waals surface area contributed by atoms with Crippen LogP contribution in [-0.2, 0) is 19.1 Å². The lowest BCUT2D eigenvalue weighted by Gasteiger charge is -2.22. The highest BCUT2D eigenvalue weighted by molar-refractivity contribution is 5.92. The van der Waals surface area contributed by atoms with Gasteiger partial charge in [-0.15, -0.1) is 0 Å². The van der Waals surface area contributed by atoms with Crippen LogP contribution in [0.25, 0.3) is 0 Å². The van der Waals surface area contributed by atoms with Gasteiger partial charge in [-0.1, -0.05) is 0 Å². The molecule has 1 aliphatic heterocycles. The first-order chi connectivity index (χ1) is 8.06. The zero-order valence-corrected chi connectivity index (χ0v) is 9.59. The van der Waals surface area contributed by atoms with Crippen LogP contribution in [0, 0.1) is 11.8 Å². The fraction of sp³-hybridized carbons (Fsp3) is 0.727. The number of carboxylic acids is 1. The largest absolute Gasteiger partial charge is 0.481 e. The Balaban J connectivity index is 2.00. The summed E-state index contributed by atoms with van der Waals surface area (Å²) in [6.07, 6.45) is 1.75. The van der Waals surface area contributed by atoms with Crippen LogP contribution in [-0.4, -0.2) is 47.5 Å². The number of esters is 1. The van der Waals surface area contributed by atoms with E-state index in [9.17, 15) is 14.4 Å². The third kappa shape index (κ3) is 2.11. The summed E-state index contributed by atoms with van der Waals surface area (Å²) in [6.45, 7) is 0.515. The molecule has 3 atom stereocenters. The Morgan fingerprint density at radius 3 is 2.53 bits per heavy atom. The van der Waals surface area contributed by atoms with Crippen LogP contribution in [0.5, 0.6) is 0 Å². The number of amides is 1. The van der Waals surface area contributed by atoms with Crippen molar-refractivity contribution < 1.29 is 24.2 Å². The molecule has 2 aliphatic rings. The van der Waals surface area contributed by atoms with Crippen LogP contribution >= 0.6 is 0 Å².